The number of aromatic nitrogens is 5. The van der Waals surface area contributed by atoms with Gasteiger partial charge in [-0.15, -0.1) is 10.2 Å². The van der Waals surface area contributed by atoms with Gasteiger partial charge in [-0.2, -0.15) is 0 Å². The molecule has 0 unspecified atom stereocenters. The summed E-state index contributed by atoms with van der Waals surface area (Å²) in [6.45, 7) is 2.54. The van der Waals surface area contributed by atoms with Crippen LogP contribution in [-0.4, -0.2) is 24.1 Å². The average Bonchev–Trinajstić information content (AvgIpc) is 3.39. The Morgan fingerprint density at radius 1 is 1.06 bits per heavy atom. The maximum Gasteiger partial charge on any atom is 0.258 e. The molecule has 0 bridgehead atoms. The minimum absolute atomic E-state index is 0.0961. The van der Waals surface area contributed by atoms with Crippen molar-refractivity contribution in [2.45, 2.75) is 24.4 Å². The van der Waals surface area contributed by atoms with E-state index in [9.17, 15) is 4.79 Å². The maximum atomic E-state index is 12.5. The van der Waals surface area contributed by atoms with Crippen molar-refractivity contribution in [3.05, 3.63) is 98.7 Å². The first-order chi connectivity index (χ1) is 15.6. The first-order valence-electron chi connectivity index (χ1n) is 9.91. The molecule has 0 radical (unpaired) electrons. The summed E-state index contributed by atoms with van der Waals surface area (Å²) >= 11 is 4.84. The van der Waals surface area contributed by atoms with Gasteiger partial charge in [0.15, 0.2) is 15.6 Å². The van der Waals surface area contributed by atoms with Gasteiger partial charge in [0.1, 0.15) is 5.65 Å². The van der Waals surface area contributed by atoms with Gasteiger partial charge in [-0.25, -0.2) is 4.98 Å². The Morgan fingerprint density at radius 2 is 1.91 bits per heavy atom. The van der Waals surface area contributed by atoms with Gasteiger partial charge in [-0.3, -0.25) is 13.8 Å². The van der Waals surface area contributed by atoms with Gasteiger partial charge in [0.05, 0.1) is 12.2 Å². The highest BCUT2D eigenvalue weighted by molar-refractivity contribution is 9.10. The minimum Gasteiger partial charge on any atom is -0.446 e. The van der Waals surface area contributed by atoms with E-state index in [1.165, 1.54) is 11.8 Å². The molecule has 0 spiro atoms. The zero-order valence-corrected chi connectivity index (χ0v) is 19.5. The fourth-order valence-electron chi connectivity index (χ4n) is 3.39. The molecule has 0 aliphatic heterocycles. The highest BCUT2D eigenvalue weighted by atomic mass is 79.9. The van der Waals surface area contributed by atoms with Crippen molar-refractivity contribution >= 4 is 33.3 Å². The molecule has 4 aromatic heterocycles. The molecule has 160 valence electrons. The lowest BCUT2D eigenvalue weighted by molar-refractivity contribution is 0.545. The number of benzene rings is 1. The van der Waals surface area contributed by atoms with Gasteiger partial charge in [-0.05, 0) is 52.2 Å². The second-order valence-corrected chi connectivity index (χ2v) is 9.01. The summed E-state index contributed by atoms with van der Waals surface area (Å²) in [5.74, 6) is 1.77. The van der Waals surface area contributed by atoms with Crippen LogP contribution in [0.25, 0.3) is 17.2 Å². The molecule has 0 fully saturated rings. The van der Waals surface area contributed by atoms with Gasteiger partial charge in [0, 0.05) is 18.0 Å². The monoisotopic (exact) mass is 507 g/mol. The summed E-state index contributed by atoms with van der Waals surface area (Å²) in [6, 6.07) is 19.2. The predicted molar refractivity (Wildman–Crippen MR) is 127 cm³/mol. The van der Waals surface area contributed by atoms with Gasteiger partial charge in [0.2, 0.25) is 5.82 Å². The number of pyridine rings is 1. The van der Waals surface area contributed by atoms with E-state index in [1.54, 1.807) is 16.7 Å². The second-order valence-electron chi connectivity index (χ2n) is 7.29. The molecule has 0 amide bonds. The Bertz CT molecular complexity index is 1460. The van der Waals surface area contributed by atoms with Crippen molar-refractivity contribution < 1.29 is 4.42 Å². The van der Waals surface area contributed by atoms with Gasteiger partial charge < -0.3 is 4.42 Å². The molecule has 1 aromatic carbocycles. The highest BCUT2D eigenvalue weighted by Crippen LogP contribution is 2.29. The number of thioether (sulfide) groups is 1. The SMILES string of the molecule is Cc1ccc2nc(CSc3nnc(-c4ccc(Br)o4)n3Cc3ccccc3)cc(=O)n2c1. The fourth-order valence-corrected chi connectivity index (χ4v) is 4.53. The lowest BCUT2D eigenvalue weighted by Gasteiger charge is -2.09. The molecule has 9 heteroatoms. The molecular weight excluding hydrogens is 490 g/mol. The van der Waals surface area contributed by atoms with Crippen LogP contribution in [0.5, 0.6) is 0 Å². The average molecular weight is 508 g/mol. The summed E-state index contributed by atoms with van der Waals surface area (Å²) in [5, 5.41) is 9.50. The molecule has 0 aliphatic carbocycles. The Labute approximate surface area is 196 Å². The van der Waals surface area contributed by atoms with Crippen molar-refractivity contribution in [2.24, 2.45) is 0 Å². The van der Waals surface area contributed by atoms with Gasteiger partial charge in [0.25, 0.3) is 5.56 Å². The van der Waals surface area contributed by atoms with Crippen LogP contribution in [0.15, 0.2) is 85.9 Å². The summed E-state index contributed by atoms with van der Waals surface area (Å²) in [6.07, 6.45) is 1.80. The third kappa shape index (κ3) is 4.26. The number of fused-ring (bicyclic) bond motifs is 1. The number of hydrogen-bond donors (Lipinski definition) is 0. The van der Waals surface area contributed by atoms with Crippen LogP contribution in [0.2, 0.25) is 0 Å². The van der Waals surface area contributed by atoms with E-state index in [0.29, 0.717) is 39.9 Å². The van der Waals surface area contributed by atoms with Crippen LogP contribution in [0.3, 0.4) is 0 Å². The molecule has 0 saturated carbocycles. The number of rotatable bonds is 6. The molecule has 0 saturated heterocycles. The van der Waals surface area contributed by atoms with Crippen LogP contribution in [0.4, 0.5) is 0 Å². The third-order valence-electron chi connectivity index (χ3n) is 4.90. The number of aryl methyl sites for hydroxylation is 1. The summed E-state index contributed by atoms with van der Waals surface area (Å²) in [5.41, 5.74) is 3.36. The number of hydrogen-bond acceptors (Lipinski definition) is 6. The van der Waals surface area contributed by atoms with Gasteiger partial charge in [-0.1, -0.05) is 48.2 Å². The quantitative estimate of drug-likeness (QED) is 0.302. The van der Waals surface area contributed by atoms with Crippen molar-refractivity contribution in [2.75, 3.05) is 0 Å². The van der Waals surface area contributed by atoms with E-state index in [4.69, 9.17) is 4.42 Å². The number of furan rings is 1. The lowest BCUT2D eigenvalue weighted by Crippen LogP contribution is -2.15. The fraction of sp³-hybridized carbons (Fsp3) is 0.130. The van der Waals surface area contributed by atoms with Gasteiger partial charge >= 0.3 is 0 Å². The summed E-state index contributed by atoms with van der Waals surface area (Å²) in [4.78, 5) is 17.2. The van der Waals surface area contributed by atoms with E-state index in [1.807, 2.05) is 54.0 Å². The second kappa shape index (κ2) is 8.76. The van der Waals surface area contributed by atoms with E-state index in [-0.39, 0.29) is 5.56 Å². The Morgan fingerprint density at radius 3 is 2.69 bits per heavy atom. The normalized spacial score (nSPS) is 11.3. The van der Waals surface area contributed by atoms with E-state index >= 15 is 0 Å². The molecular formula is C23H18BrN5O2S. The van der Waals surface area contributed by atoms with Crippen LogP contribution in [-0.2, 0) is 12.3 Å². The standard InChI is InChI=1S/C23H18BrN5O2S/c1-15-7-10-20-25-17(11-21(30)28(20)12-15)14-32-23-27-26-22(18-8-9-19(24)31-18)29(23)13-16-5-3-2-4-6-16/h2-12H,13-14H2,1H3. The van der Waals surface area contributed by atoms with Crippen molar-refractivity contribution in [1.82, 2.24) is 24.1 Å². The zero-order chi connectivity index (χ0) is 22.1. The minimum atomic E-state index is -0.0961. The molecule has 5 rings (SSSR count). The zero-order valence-electron chi connectivity index (χ0n) is 17.1. The molecule has 5 aromatic rings. The Balaban J connectivity index is 1.47. The number of nitrogens with zero attached hydrogens (tertiary/aromatic N) is 5. The maximum absolute atomic E-state index is 12.5. The van der Waals surface area contributed by atoms with Crippen LogP contribution >= 0.6 is 27.7 Å². The van der Waals surface area contributed by atoms with Crippen LogP contribution < -0.4 is 5.56 Å². The molecule has 0 atom stereocenters. The molecule has 32 heavy (non-hydrogen) atoms. The molecule has 7 nitrogen and oxygen atoms in total. The first-order valence-corrected chi connectivity index (χ1v) is 11.7. The smallest absolute Gasteiger partial charge is 0.258 e. The predicted octanol–water partition coefficient (Wildman–Crippen LogP) is 4.96. The summed E-state index contributed by atoms with van der Waals surface area (Å²) in [7, 11) is 0. The molecule has 0 N–H and O–H groups in total. The van der Waals surface area contributed by atoms with Crippen LogP contribution in [0.1, 0.15) is 16.8 Å². The van der Waals surface area contributed by atoms with Crippen LogP contribution in [0, 0.1) is 6.92 Å². The van der Waals surface area contributed by atoms with E-state index in [0.717, 1.165) is 16.3 Å². The topological polar surface area (TPSA) is 78.2 Å². The first kappa shape index (κ1) is 20.7. The Kier molecular flexibility index (Phi) is 5.67. The summed E-state index contributed by atoms with van der Waals surface area (Å²) < 4.78 is 9.94. The van der Waals surface area contributed by atoms with Crippen molar-refractivity contribution in [3.63, 3.8) is 0 Å². The molecule has 0 aliphatic rings. The highest BCUT2D eigenvalue weighted by Gasteiger charge is 2.18. The number of halogens is 1. The largest absolute Gasteiger partial charge is 0.446 e. The van der Waals surface area contributed by atoms with Crippen molar-refractivity contribution in [3.8, 4) is 11.6 Å². The third-order valence-corrected chi connectivity index (χ3v) is 6.33. The lowest BCUT2D eigenvalue weighted by atomic mass is 10.2. The Hall–Kier alpha value is -3.17. The molecule has 4 heterocycles. The van der Waals surface area contributed by atoms with E-state index < -0.39 is 0 Å². The van der Waals surface area contributed by atoms with E-state index in [2.05, 4.69) is 43.2 Å². The van der Waals surface area contributed by atoms with Crippen molar-refractivity contribution in [1.29, 1.82) is 0 Å².